The summed E-state index contributed by atoms with van der Waals surface area (Å²) < 4.78 is 0. The second kappa shape index (κ2) is 4.13. The summed E-state index contributed by atoms with van der Waals surface area (Å²) in [7, 11) is 0. The van der Waals surface area contributed by atoms with E-state index in [0.29, 0.717) is 15.5 Å². The normalized spacial score (nSPS) is 10.3. The maximum Gasteiger partial charge on any atom is 0.204 e. The fourth-order valence-electron chi connectivity index (χ4n) is 1.24. The van der Waals surface area contributed by atoms with E-state index in [-0.39, 0.29) is 5.78 Å². The number of ketones is 1. The summed E-state index contributed by atoms with van der Waals surface area (Å²) in [6, 6.07) is 6.93. The Morgan fingerprint density at radius 1 is 1.47 bits per heavy atom. The quantitative estimate of drug-likeness (QED) is 0.750. The number of carbonyl (C=O) groups excluding carboxylic acids is 1. The lowest BCUT2D eigenvalue weighted by atomic mass is 10.1. The first kappa shape index (κ1) is 10.3. The number of aryl methyl sites for hydroxylation is 1. The Bertz CT molecular complexity index is 507. The van der Waals surface area contributed by atoms with Crippen LogP contribution in [0.1, 0.15) is 20.2 Å². The van der Waals surface area contributed by atoms with Gasteiger partial charge < -0.3 is 0 Å². The van der Waals surface area contributed by atoms with Crippen LogP contribution in [0.2, 0.25) is 5.02 Å². The van der Waals surface area contributed by atoms with Crippen LogP contribution in [0.15, 0.2) is 30.5 Å². The van der Waals surface area contributed by atoms with Crippen molar-refractivity contribution in [2.75, 3.05) is 0 Å². The van der Waals surface area contributed by atoms with E-state index in [4.69, 9.17) is 11.6 Å². The van der Waals surface area contributed by atoms with Crippen LogP contribution in [-0.4, -0.2) is 10.8 Å². The minimum absolute atomic E-state index is 0.0249. The number of nitrogens with zero attached hydrogens (tertiary/aromatic N) is 1. The molecular weight excluding hydrogens is 230 g/mol. The zero-order valence-electron chi connectivity index (χ0n) is 8.03. The van der Waals surface area contributed by atoms with Gasteiger partial charge in [-0.3, -0.25) is 4.79 Å². The number of thiazole rings is 1. The highest BCUT2D eigenvalue weighted by Gasteiger charge is 2.11. The molecule has 0 amide bonds. The first-order chi connectivity index (χ1) is 7.16. The lowest BCUT2D eigenvalue weighted by molar-refractivity contribution is 0.104. The minimum Gasteiger partial charge on any atom is -0.288 e. The second-order valence-corrected chi connectivity index (χ2v) is 4.75. The van der Waals surface area contributed by atoms with Gasteiger partial charge in [0, 0.05) is 16.8 Å². The second-order valence-electron chi connectivity index (χ2n) is 3.08. The molecule has 4 heteroatoms. The van der Waals surface area contributed by atoms with Crippen molar-refractivity contribution in [3.8, 4) is 0 Å². The predicted molar refractivity (Wildman–Crippen MR) is 61.7 cm³/mol. The molecule has 0 bridgehead atoms. The molecule has 2 aromatic rings. The highest BCUT2D eigenvalue weighted by Crippen LogP contribution is 2.18. The van der Waals surface area contributed by atoms with Crippen LogP contribution in [-0.2, 0) is 0 Å². The molecule has 0 saturated carbocycles. The fraction of sp³-hybridized carbons (Fsp3) is 0.0909. The van der Waals surface area contributed by atoms with Gasteiger partial charge in [-0.15, -0.1) is 11.3 Å². The minimum atomic E-state index is -0.0249. The first-order valence-electron chi connectivity index (χ1n) is 4.39. The molecule has 0 aliphatic heterocycles. The van der Waals surface area contributed by atoms with E-state index in [1.54, 1.807) is 30.5 Å². The molecule has 0 spiro atoms. The number of benzene rings is 1. The Kier molecular flexibility index (Phi) is 2.84. The van der Waals surface area contributed by atoms with Gasteiger partial charge in [0.2, 0.25) is 5.78 Å². The molecule has 0 unspecified atom stereocenters. The Morgan fingerprint density at radius 3 is 2.87 bits per heavy atom. The zero-order valence-corrected chi connectivity index (χ0v) is 9.60. The van der Waals surface area contributed by atoms with Gasteiger partial charge in [-0.1, -0.05) is 23.7 Å². The number of hydrogen-bond donors (Lipinski definition) is 0. The summed E-state index contributed by atoms with van der Waals surface area (Å²) in [6.07, 6.45) is 1.60. The van der Waals surface area contributed by atoms with Gasteiger partial charge in [0.1, 0.15) is 0 Å². The van der Waals surface area contributed by atoms with Crippen LogP contribution < -0.4 is 0 Å². The van der Waals surface area contributed by atoms with Crippen LogP contribution in [0, 0.1) is 6.92 Å². The number of aromatic nitrogens is 1. The van der Waals surface area contributed by atoms with Crippen molar-refractivity contribution in [3.05, 3.63) is 50.9 Å². The molecule has 1 heterocycles. The smallest absolute Gasteiger partial charge is 0.204 e. The molecule has 2 nitrogen and oxygen atoms in total. The van der Waals surface area contributed by atoms with E-state index in [9.17, 15) is 4.79 Å². The molecule has 15 heavy (non-hydrogen) atoms. The third-order valence-corrected chi connectivity index (χ3v) is 3.08. The van der Waals surface area contributed by atoms with E-state index in [1.165, 1.54) is 11.3 Å². The molecule has 0 radical (unpaired) electrons. The summed E-state index contributed by atoms with van der Waals surface area (Å²) in [5.74, 6) is -0.0249. The number of rotatable bonds is 2. The Balaban J connectivity index is 2.36. The van der Waals surface area contributed by atoms with Gasteiger partial charge in [-0.25, -0.2) is 4.98 Å². The van der Waals surface area contributed by atoms with E-state index >= 15 is 0 Å². The third kappa shape index (κ3) is 2.25. The van der Waals surface area contributed by atoms with Crippen LogP contribution >= 0.6 is 22.9 Å². The molecule has 0 atom stereocenters. The largest absolute Gasteiger partial charge is 0.288 e. The molecule has 1 aromatic heterocycles. The molecule has 0 N–H and O–H groups in total. The molecule has 0 aliphatic carbocycles. The summed E-state index contributed by atoms with van der Waals surface area (Å²) in [4.78, 5) is 16.6. The van der Waals surface area contributed by atoms with E-state index in [2.05, 4.69) is 4.98 Å². The van der Waals surface area contributed by atoms with Crippen molar-refractivity contribution >= 4 is 28.7 Å². The highest BCUT2D eigenvalue weighted by atomic mass is 35.5. The molecular formula is C11H8ClNOS. The molecule has 0 fully saturated rings. The van der Waals surface area contributed by atoms with Crippen molar-refractivity contribution in [2.45, 2.75) is 6.92 Å². The summed E-state index contributed by atoms with van der Waals surface area (Å²) in [5.41, 5.74) is 0.603. The topological polar surface area (TPSA) is 30.0 Å². The van der Waals surface area contributed by atoms with Crippen molar-refractivity contribution in [1.82, 2.24) is 4.98 Å². The van der Waals surface area contributed by atoms with Gasteiger partial charge in [-0.05, 0) is 19.1 Å². The Labute approximate surface area is 96.5 Å². The molecule has 0 saturated heterocycles. The summed E-state index contributed by atoms with van der Waals surface area (Å²) in [6.45, 7) is 1.87. The number of hydrogen-bond acceptors (Lipinski definition) is 3. The van der Waals surface area contributed by atoms with Gasteiger partial charge >= 0.3 is 0 Å². The summed E-state index contributed by atoms with van der Waals surface area (Å²) >= 11 is 7.21. The number of carbonyl (C=O) groups is 1. The monoisotopic (exact) mass is 237 g/mol. The van der Waals surface area contributed by atoms with Crippen molar-refractivity contribution in [3.63, 3.8) is 0 Å². The van der Waals surface area contributed by atoms with Crippen LogP contribution in [0.5, 0.6) is 0 Å². The maximum atomic E-state index is 11.9. The Hall–Kier alpha value is -1.19. The number of halogens is 1. The molecule has 1 aromatic carbocycles. The van der Waals surface area contributed by atoms with Crippen LogP contribution in [0.4, 0.5) is 0 Å². The summed E-state index contributed by atoms with van der Waals surface area (Å²) in [5, 5.41) is 1.46. The Morgan fingerprint density at radius 2 is 2.27 bits per heavy atom. The van der Waals surface area contributed by atoms with Gasteiger partial charge in [0.15, 0.2) is 0 Å². The maximum absolute atomic E-state index is 11.9. The average Bonchev–Trinajstić information content (AvgIpc) is 2.64. The molecule has 76 valence electrons. The lowest BCUT2D eigenvalue weighted by Gasteiger charge is -1.97. The SMILES string of the molecule is Cc1ncc(C(=O)c2cccc(Cl)c2)s1. The van der Waals surface area contributed by atoms with Gasteiger partial charge in [-0.2, -0.15) is 0 Å². The standard InChI is InChI=1S/C11H8ClNOS/c1-7-13-6-10(15-7)11(14)8-3-2-4-9(12)5-8/h2-6H,1H3. The van der Waals surface area contributed by atoms with Crippen molar-refractivity contribution < 1.29 is 4.79 Å². The molecule has 2 rings (SSSR count). The van der Waals surface area contributed by atoms with Crippen molar-refractivity contribution in [1.29, 1.82) is 0 Å². The average molecular weight is 238 g/mol. The lowest BCUT2D eigenvalue weighted by Crippen LogP contribution is -1.97. The predicted octanol–water partition coefficient (Wildman–Crippen LogP) is 3.34. The van der Waals surface area contributed by atoms with Gasteiger partial charge in [0.25, 0.3) is 0 Å². The zero-order chi connectivity index (χ0) is 10.8. The first-order valence-corrected chi connectivity index (χ1v) is 5.59. The van der Waals surface area contributed by atoms with E-state index < -0.39 is 0 Å². The van der Waals surface area contributed by atoms with E-state index in [1.807, 2.05) is 6.92 Å². The molecule has 0 aliphatic rings. The van der Waals surface area contributed by atoms with Crippen LogP contribution in [0.25, 0.3) is 0 Å². The van der Waals surface area contributed by atoms with E-state index in [0.717, 1.165) is 5.01 Å². The third-order valence-electron chi connectivity index (χ3n) is 1.93. The van der Waals surface area contributed by atoms with Crippen LogP contribution in [0.3, 0.4) is 0 Å². The van der Waals surface area contributed by atoms with Crippen molar-refractivity contribution in [2.24, 2.45) is 0 Å². The van der Waals surface area contributed by atoms with Gasteiger partial charge in [0.05, 0.1) is 9.88 Å². The fourth-order valence-corrected chi connectivity index (χ4v) is 2.17. The highest BCUT2D eigenvalue weighted by molar-refractivity contribution is 7.13.